The van der Waals surface area contributed by atoms with Crippen molar-refractivity contribution >= 4 is 23.2 Å². The molecule has 0 aliphatic rings. The lowest BCUT2D eigenvalue weighted by atomic mass is 10.1. The van der Waals surface area contributed by atoms with Crippen LogP contribution in [0.5, 0.6) is 0 Å². The third-order valence-corrected chi connectivity index (χ3v) is 3.64. The molecular weight excluding hydrogens is 284 g/mol. The molecule has 0 saturated carbocycles. The average Bonchev–Trinajstić information content (AvgIpc) is 2.46. The van der Waals surface area contributed by atoms with Crippen LogP contribution >= 0.6 is 11.6 Å². The summed E-state index contributed by atoms with van der Waals surface area (Å²) in [6.07, 6.45) is 0. The predicted molar refractivity (Wildman–Crippen MR) is 87.5 cm³/mol. The van der Waals surface area contributed by atoms with E-state index in [1.165, 1.54) is 6.92 Å². The molecule has 2 N–H and O–H groups in total. The zero-order valence-corrected chi connectivity index (χ0v) is 12.9. The van der Waals surface area contributed by atoms with Crippen molar-refractivity contribution in [3.8, 4) is 0 Å². The lowest BCUT2D eigenvalue weighted by Gasteiger charge is -2.17. The fourth-order valence-electron chi connectivity index (χ4n) is 2.19. The highest BCUT2D eigenvalue weighted by atomic mass is 35.5. The number of rotatable bonds is 5. The van der Waals surface area contributed by atoms with E-state index < -0.39 is 0 Å². The zero-order chi connectivity index (χ0) is 15.2. The molecule has 0 fully saturated rings. The lowest BCUT2D eigenvalue weighted by molar-refractivity contribution is -0.114. The van der Waals surface area contributed by atoms with Crippen molar-refractivity contribution in [3.05, 3.63) is 64.7 Å². The Bertz CT molecular complexity index is 628. The number of carbonyl (C=O) groups excluding carboxylic acids is 1. The van der Waals surface area contributed by atoms with Gasteiger partial charge in [-0.05, 0) is 30.2 Å². The largest absolute Gasteiger partial charge is 0.326 e. The quantitative estimate of drug-likeness (QED) is 0.871. The van der Waals surface area contributed by atoms with Crippen molar-refractivity contribution in [2.75, 3.05) is 5.32 Å². The molecule has 0 aromatic heterocycles. The summed E-state index contributed by atoms with van der Waals surface area (Å²) >= 11 is 6.20. The molecule has 2 aromatic rings. The van der Waals surface area contributed by atoms with Crippen LogP contribution in [-0.4, -0.2) is 5.91 Å². The van der Waals surface area contributed by atoms with Gasteiger partial charge in [-0.1, -0.05) is 48.0 Å². The monoisotopic (exact) mass is 302 g/mol. The number of hydrogen-bond acceptors (Lipinski definition) is 2. The molecule has 0 heterocycles. The van der Waals surface area contributed by atoms with Crippen molar-refractivity contribution in [3.63, 3.8) is 0 Å². The number of amides is 1. The number of halogens is 1. The Morgan fingerprint density at radius 3 is 2.52 bits per heavy atom. The van der Waals surface area contributed by atoms with Crippen molar-refractivity contribution < 1.29 is 4.79 Å². The number of anilines is 1. The molecule has 110 valence electrons. The molecule has 1 unspecified atom stereocenters. The molecule has 0 aliphatic carbocycles. The molecule has 0 aliphatic heterocycles. The van der Waals surface area contributed by atoms with E-state index >= 15 is 0 Å². The van der Waals surface area contributed by atoms with Gasteiger partial charge in [0.05, 0.1) is 0 Å². The third kappa shape index (κ3) is 4.31. The minimum absolute atomic E-state index is 0.0680. The zero-order valence-electron chi connectivity index (χ0n) is 12.2. The van der Waals surface area contributed by atoms with E-state index in [2.05, 4.69) is 17.6 Å². The van der Waals surface area contributed by atoms with Gasteiger partial charge in [-0.15, -0.1) is 0 Å². The summed E-state index contributed by atoms with van der Waals surface area (Å²) in [6, 6.07) is 15.7. The maximum atomic E-state index is 11.2. The van der Waals surface area contributed by atoms with E-state index in [9.17, 15) is 4.79 Å². The summed E-state index contributed by atoms with van der Waals surface area (Å²) in [5.74, 6) is -0.0680. The van der Waals surface area contributed by atoms with Crippen LogP contribution in [-0.2, 0) is 11.3 Å². The molecule has 2 aromatic carbocycles. The third-order valence-electron chi connectivity index (χ3n) is 3.30. The highest BCUT2D eigenvalue weighted by Gasteiger charge is 2.10. The number of benzene rings is 2. The Kier molecular flexibility index (Phi) is 5.37. The van der Waals surface area contributed by atoms with E-state index in [4.69, 9.17) is 11.6 Å². The van der Waals surface area contributed by atoms with Crippen LogP contribution in [0.2, 0.25) is 5.02 Å². The van der Waals surface area contributed by atoms with Crippen molar-refractivity contribution in [2.24, 2.45) is 0 Å². The SMILES string of the molecule is CC(=O)Nc1ccccc1CNC(C)c1ccccc1Cl. The molecule has 0 bridgehead atoms. The van der Waals surface area contributed by atoms with Gasteiger partial charge in [0.25, 0.3) is 0 Å². The minimum Gasteiger partial charge on any atom is -0.326 e. The Morgan fingerprint density at radius 1 is 1.14 bits per heavy atom. The number of carbonyl (C=O) groups is 1. The van der Waals surface area contributed by atoms with Crippen LogP contribution in [0.25, 0.3) is 0 Å². The molecule has 4 heteroatoms. The second kappa shape index (κ2) is 7.25. The molecule has 3 nitrogen and oxygen atoms in total. The Balaban J connectivity index is 2.06. The summed E-state index contributed by atoms with van der Waals surface area (Å²) in [5, 5.41) is 7.03. The maximum absolute atomic E-state index is 11.2. The fraction of sp³-hybridized carbons (Fsp3) is 0.235. The first-order valence-corrected chi connectivity index (χ1v) is 7.29. The van der Waals surface area contributed by atoms with E-state index in [1.54, 1.807) is 0 Å². The first-order chi connectivity index (χ1) is 10.1. The van der Waals surface area contributed by atoms with Gasteiger partial charge in [0, 0.05) is 30.2 Å². The van der Waals surface area contributed by atoms with E-state index in [0.29, 0.717) is 6.54 Å². The Labute approximate surface area is 130 Å². The molecule has 1 atom stereocenters. The summed E-state index contributed by atoms with van der Waals surface area (Å²) in [5.41, 5.74) is 2.95. The average molecular weight is 303 g/mol. The van der Waals surface area contributed by atoms with Crippen LogP contribution in [0, 0.1) is 0 Å². The van der Waals surface area contributed by atoms with Gasteiger partial charge in [-0.3, -0.25) is 4.79 Å². The number of para-hydroxylation sites is 1. The lowest BCUT2D eigenvalue weighted by Crippen LogP contribution is -2.19. The van der Waals surface area contributed by atoms with E-state index in [-0.39, 0.29) is 11.9 Å². The van der Waals surface area contributed by atoms with Crippen LogP contribution in [0.4, 0.5) is 5.69 Å². The van der Waals surface area contributed by atoms with Crippen LogP contribution < -0.4 is 10.6 Å². The summed E-state index contributed by atoms with van der Waals surface area (Å²) in [7, 11) is 0. The maximum Gasteiger partial charge on any atom is 0.221 e. The first kappa shape index (κ1) is 15.5. The van der Waals surface area contributed by atoms with Crippen LogP contribution in [0.3, 0.4) is 0 Å². The molecule has 0 spiro atoms. The predicted octanol–water partition coefficient (Wildman–Crippen LogP) is 4.15. The number of nitrogens with one attached hydrogen (secondary N) is 2. The van der Waals surface area contributed by atoms with E-state index in [0.717, 1.165) is 21.8 Å². The summed E-state index contributed by atoms with van der Waals surface area (Å²) in [6.45, 7) is 4.24. The van der Waals surface area contributed by atoms with Gasteiger partial charge in [-0.25, -0.2) is 0 Å². The smallest absolute Gasteiger partial charge is 0.221 e. The Morgan fingerprint density at radius 2 is 1.81 bits per heavy atom. The molecule has 0 radical (unpaired) electrons. The summed E-state index contributed by atoms with van der Waals surface area (Å²) < 4.78 is 0. The molecular formula is C17H19ClN2O. The molecule has 1 amide bonds. The normalized spacial score (nSPS) is 12.0. The molecule has 0 saturated heterocycles. The van der Waals surface area contributed by atoms with Crippen molar-refractivity contribution in [1.29, 1.82) is 0 Å². The first-order valence-electron chi connectivity index (χ1n) is 6.91. The van der Waals surface area contributed by atoms with E-state index in [1.807, 2.05) is 48.5 Å². The second-order valence-corrected chi connectivity index (χ2v) is 5.37. The molecule has 2 rings (SSSR count). The van der Waals surface area contributed by atoms with Crippen LogP contribution in [0.15, 0.2) is 48.5 Å². The highest BCUT2D eigenvalue weighted by molar-refractivity contribution is 6.31. The minimum atomic E-state index is -0.0680. The fourth-order valence-corrected chi connectivity index (χ4v) is 2.48. The van der Waals surface area contributed by atoms with Crippen molar-refractivity contribution in [1.82, 2.24) is 5.32 Å². The van der Waals surface area contributed by atoms with Gasteiger partial charge in [0.15, 0.2) is 0 Å². The molecule has 21 heavy (non-hydrogen) atoms. The Hall–Kier alpha value is -1.84. The second-order valence-electron chi connectivity index (χ2n) is 4.96. The van der Waals surface area contributed by atoms with Gasteiger partial charge in [0.2, 0.25) is 5.91 Å². The van der Waals surface area contributed by atoms with Crippen molar-refractivity contribution in [2.45, 2.75) is 26.4 Å². The van der Waals surface area contributed by atoms with Gasteiger partial charge in [-0.2, -0.15) is 0 Å². The topological polar surface area (TPSA) is 41.1 Å². The number of hydrogen-bond donors (Lipinski definition) is 2. The van der Waals surface area contributed by atoms with Crippen LogP contribution in [0.1, 0.15) is 31.0 Å². The van der Waals surface area contributed by atoms with Gasteiger partial charge in [0.1, 0.15) is 0 Å². The van der Waals surface area contributed by atoms with Gasteiger partial charge < -0.3 is 10.6 Å². The standard InChI is InChI=1S/C17H19ClN2O/c1-12(15-8-4-5-9-16(15)18)19-11-14-7-3-6-10-17(14)20-13(2)21/h3-10,12,19H,11H2,1-2H3,(H,20,21). The van der Waals surface area contributed by atoms with Gasteiger partial charge >= 0.3 is 0 Å². The summed E-state index contributed by atoms with van der Waals surface area (Å²) in [4.78, 5) is 11.2. The highest BCUT2D eigenvalue weighted by Crippen LogP contribution is 2.23.